The fourth-order valence-corrected chi connectivity index (χ4v) is 3.94. The molecule has 4 rings (SSSR count). The van der Waals surface area contributed by atoms with Crippen LogP contribution >= 0.6 is 0 Å². The third-order valence-electron chi connectivity index (χ3n) is 5.33. The Morgan fingerprint density at radius 2 is 1.90 bits per heavy atom. The van der Waals surface area contributed by atoms with Crippen molar-refractivity contribution < 1.29 is 9.53 Å². The zero-order chi connectivity index (χ0) is 20.6. The van der Waals surface area contributed by atoms with Crippen LogP contribution in [0.1, 0.15) is 59.2 Å². The van der Waals surface area contributed by atoms with E-state index in [-0.39, 0.29) is 17.6 Å². The fraction of sp³-hybridized carbons (Fsp3) is 0.333. The van der Waals surface area contributed by atoms with Crippen molar-refractivity contribution in [2.75, 3.05) is 0 Å². The molecule has 29 heavy (non-hydrogen) atoms. The van der Waals surface area contributed by atoms with Gasteiger partial charge in [-0.3, -0.25) is 9.48 Å². The summed E-state index contributed by atoms with van der Waals surface area (Å²) >= 11 is 0. The summed E-state index contributed by atoms with van der Waals surface area (Å²) in [4.78, 5) is 12.9. The summed E-state index contributed by atoms with van der Waals surface area (Å²) in [7, 11) is 0. The number of benzene rings is 2. The van der Waals surface area contributed by atoms with Gasteiger partial charge in [0.15, 0.2) is 0 Å². The molecule has 5 nitrogen and oxygen atoms in total. The van der Waals surface area contributed by atoms with Gasteiger partial charge in [-0.2, -0.15) is 5.10 Å². The van der Waals surface area contributed by atoms with Crippen molar-refractivity contribution in [2.24, 2.45) is 0 Å². The van der Waals surface area contributed by atoms with Crippen LogP contribution in [0, 0.1) is 13.8 Å². The molecule has 1 amide bonds. The summed E-state index contributed by atoms with van der Waals surface area (Å²) in [5, 5.41) is 7.69. The lowest BCUT2D eigenvalue weighted by Crippen LogP contribution is -2.41. The zero-order valence-corrected chi connectivity index (χ0v) is 17.4. The Kier molecular flexibility index (Phi) is 4.91. The molecule has 0 aliphatic carbocycles. The summed E-state index contributed by atoms with van der Waals surface area (Å²) in [6.45, 7) is 8.84. The van der Waals surface area contributed by atoms with E-state index in [9.17, 15) is 4.79 Å². The van der Waals surface area contributed by atoms with Crippen molar-refractivity contribution in [2.45, 2.75) is 52.3 Å². The molecular formula is C24H27N3O2. The average Bonchev–Trinajstić information content (AvgIpc) is 2.98. The number of para-hydroxylation sites is 1. The predicted molar refractivity (Wildman–Crippen MR) is 113 cm³/mol. The van der Waals surface area contributed by atoms with E-state index >= 15 is 0 Å². The average molecular weight is 389 g/mol. The maximum atomic E-state index is 12.9. The number of ether oxygens (including phenoxy) is 1. The molecule has 3 aromatic rings. The Balaban J connectivity index is 1.48. The van der Waals surface area contributed by atoms with Gasteiger partial charge in [0.05, 0.1) is 18.3 Å². The minimum atomic E-state index is -0.323. The van der Waals surface area contributed by atoms with E-state index in [1.54, 1.807) is 0 Å². The first-order valence-electron chi connectivity index (χ1n) is 9.99. The van der Waals surface area contributed by atoms with Gasteiger partial charge in [-0.25, -0.2) is 0 Å². The molecule has 150 valence electrons. The van der Waals surface area contributed by atoms with E-state index < -0.39 is 0 Å². The van der Waals surface area contributed by atoms with E-state index in [2.05, 4.69) is 37.3 Å². The molecular weight excluding hydrogens is 362 g/mol. The molecule has 2 heterocycles. The highest BCUT2D eigenvalue weighted by Crippen LogP contribution is 2.39. The predicted octanol–water partition coefficient (Wildman–Crippen LogP) is 4.58. The lowest BCUT2D eigenvalue weighted by molar-refractivity contribution is 0.0619. The normalized spacial score (nSPS) is 17.3. The van der Waals surface area contributed by atoms with Crippen LogP contribution in [0.2, 0.25) is 0 Å². The molecule has 1 aromatic heterocycles. The van der Waals surface area contributed by atoms with Gasteiger partial charge in [0, 0.05) is 23.2 Å². The Morgan fingerprint density at radius 3 is 2.59 bits per heavy atom. The van der Waals surface area contributed by atoms with Crippen molar-refractivity contribution in [3.8, 4) is 5.75 Å². The Hall–Kier alpha value is -3.08. The third kappa shape index (κ3) is 4.19. The molecule has 0 spiro atoms. The Bertz CT molecular complexity index is 1030. The largest absolute Gasteiger partial charge is 0.487 e. The van der Waals surface area contributed by atoms with Gasteiger partial charge in [0.25, 0.3) is 5.91 Å². The quantitative estimate of drug-likeness (QED) is 0.711. The number of aromatic nitrogens is 2. The van der Waals surface area contributed by atoms with Crippen LogP contribution in [-0.4, -0.2) is 21.3 Å². The summed E-state index contributed by atoms with van der Waals surface area (Å²) in [6, 6.07) is 17.7. The van der Waals surface area contributed by atoms with E-state index in [1.807, 2.05) is 60.1 Å². The van der Waals surface area contributed by atoms with Crippen LogP contribution in [-0.2, 0) is 6.54 Å². The zero-order valence-electron chi connectivity index (χ0n) is 17.4. The summed E-state index contributed by atoms with van der Waals surface area (Å²) in [6.07, 6.45) is 0.728. The van der Waals surface area contributed by atoms with E-state index in [0.29, 0.717) is 12.1 Å². The molecule has 1 N–H and O–H groups in total. The number of carbonyl (C=O) groups is 1. The van der Waals surface area contributed by atoms with Crippen molar-refractivity contribution >= 4 is 5.91 Å². The molecule has 1 aliphatic rings. The molecule has 1 aliphatic heterocycles. The first kappa shape index (κ1) is 19.2. The monoisotopic (exact) mass is 389 g/mol. The van der Waals surface area contributed by atoms with Gasteiger partial charge in [0.1, 0.15) is 11.4 Å². The number of rotatable bonds is 4. The van der Waals surface area contributed by atoms with E-state index in [1.165, 1.54) is 0 Å². The highest BCUT2D eigenvalue weighted by molar-refractivity contribution is 5.94. The van der Waals surface area contributed by atoms with Crippen LogP contribution in [0.4, 0.5) is 0 Å². The van der Waals surface area contributed by atoms with Crippen molar-refractivity contribution in [3.05, 3.63) is 82.7 Å². The van der Waals surface area contributed by atoms with Gasteiger partial charge in [0.2, 0.25) is 0 Å². The van der Waals surface area contributed by atoms with Crippen molar-refractivity contribution in [1.82, 2.24) is 15.1 Å². The SMILES string of the molecule is Cc1cc(C)n(Cc2ccc(C(=O)NC3CC(C)(C)Oc4ccccc43)cc2)n1. The first-order chi connectivity index (χ1) is 13.8. The smallest absolute Gasteiger partial charge is 0.251 e. The lowest BCUT2D eigenvalue weighted by atomic mass is 9.89. The second kappa shape index (κ2) is 7.39. The van der Waals surface area contributed by atoms with Gasteiger partial charge in [-0.1, -0.05) is 30.3 Å². The molecule has 0 saturated carbocycles. The molecule has 0 fully saturated rings. The summed E-state index contributed by atoms with van der Waals surface area (Å²) in [5.74, 6) is 0.773. The number of carbonyl (C=O) groups excluding carboxylic acids is 1. The third-order valence-corrected chi connectivity index (χ3v) is 5.33. The van der Waals surface area contributed by atoms with Gasteiger partial charge >= 0.3 is 0 Å². The lowest BCUT2D eigenvalue weighted by Gasteiger charge is -2.37. The summed E-state index contributed by atoms with van der Waals surface area (Å²) in [5.41, 5.74) is 4.62. The number of hydrogen-bond acceptors (Lipinski definition) is 3. The standard InChI is InChI=1S/C24H27N3O2/c1-16-13-17(2)27(26-16)15-18-9-11-19(12-10-18)23(28)25-21-14-24(3,4)29-22-8-6-5-7-20(21)22/h5-13,21H,14-15H2,1-4H3,(H,25,28). The topological polar surface area (TPSA) is 56.2 Å². The highest BCUT2D eigenvalue weighted by atomic mass is 16.5. The van der Waals surface area contributed by atoms with Gasteiger partial charge < -0.3 is 10.1 Å². The molecule has 1 unspecified atom stereocenters. The van der Waals surface area contributed by atoms with Crippen LogP contribution in [0.3, 0.4) is 0 Å². The maximum absolute atomic E-state index is 12.9. The Morgan fingerprint density at radius 1 is 1.17 bits per heavy atom. The van der Waals surface area contributed by atoms with Crippen LogP contribution in [0.5, 0.6) is 5.75 Å². The minimum Gasteiger partial charge on any atom is -0.487 e. The van der Waals surface area contributed by atoms with E-state index in [4.69, 9.17) is 4.74 Å². The van der Waals surface area contributed by atoms with Crippen LogP contribution in [0.15, 0.2) is 54.6 Å². The molecule has 2 aromatic carbocycles. The molecule has 5 heteroatoms. The second-order valence-electron chi connectivity index (χ2n) is 8.41. The molecule has 1 atom stereocenters. The molecule has 0 bridgehead atoms. The molecule has 0 saturated heterocycles. The maximum Gasteiger partial charge on any atom is 0.251 e. The van der Waals surface area contributed by atoms with Crippen molar-refractivity contribution in [3.63, 3.8) is 0 Å². The number of nitrogens with zero attached hydrogens (tertiary/aromatic N) is 2. The van der Waals surface area contributed by atoms with Gasteiger partial charge in [-0.15, -0.1) is 0 Å². The minimum absolute atomic E-state index is 0.0693. The van der Waals surface area contributed by atoms with Crippen LogP contribution < -0.4 is 10.1 Å². The van der Waals surface area contributed by atoms with Crippen molar-refractivity contribution in [1.29, 1.82) is 0 Å². The number of hydrogen-bond donors (Lipinski definition) is 1. The van der Waals surface area contributed by atoms with E-state index in [0.717, 1.165) is 34.7 Å². The van der Waals surface area contributed by atoms with Crippen LogP contribution in [0.25, 0.3) is 0 Å². The highest BCUT2D eigenvalue weighted by Gasteiger charge is 2.34. The number of amides is 1. The number of aryl methyl sites for hydroxylation is 2. The first-order valence-corrected chi connectivity index (χ1v) is 9.99. The molecule has 0 radical (unpaired) electrons. The summed E-state index contributed by atoms with van der Waals surface area (Å²) < 4.78 is 8.04. The van der Waals surface area contributed by atoms with Gasteiger partial charge in [-0.05, 0) is 57.5 Å². The second-order valence-corrected chi connectivity index (χ2v) is 8.41. The number of nitrogens with one attached hydrogen (secondary N) is 1. The number of fused-ring (bicyclic) bond motifs is 1. The Labute approximate surface area is 171 Å². The fourth-order valence-electron chi connectivity index (χ4n) is 3.94.